The molecule has 1 aliphatic rings. The molecule has 1 fully saturated rings. The van der Waals surface area contributed by atoms with Crippen molar-refractivity contribution >= 4 is 27.5 Å². The van der Waals surface area contributed by atoms with Crippen LogP contribution in [0.15, 0.2) is 18.2 Å². The Bertz CT molecular complexity index is 564. The van der Waals surface area contributed by atoms with E-state index >= 15 is 0 Å². The monoisotopic (exact) mass is 331 g/mol. The largest absolute Gasteiger partial charge is 0.319 e. The van der Waals surface area contributed by atoms with Crippen LogP contribution in [0.2, 0.25) is 5.02 Å². The van der Waals surface area contributed by atoms with Gasteiger partial charge in [-0.25, -0.2) is 0 Å². The highest BCUT2D eigenvalue weighted by atomic mass is 35.5. The summed E-state index contributed by atoms with van der Waals surface area (Å²) in [6.45, 7) is 3.87. The van der Waals surface area contributed by atoms with Crippen molar-refractivity contribution in [1.82, 2.24) is 9.62 Å². The number of halogens is 1. The number of para-hydroxylation sites is 1. The third-order valence-electron chi connectivity index (χ3n) is 3.86. The van der Waals surface area contributed by atoms with Gasteiger partial charge < -0.3 is 5.32 Å². The molecule has 0 spiro atoms. The Morgan fingerprint density at radius 1 is 1.33 bits per heavy atom. The first-order chi connectivity index (χ1) is 9.94. The molecule has 5 nitrogen and oxygen atoms in total. The van der Waals surface area contributed by atoms with Gasteiger partial charge in [-0.15, -0.1) is 0 Å². The molecule has 0 atom stereocenters. The summed E-state index contributed by atoms with van der Waals surface area (Å²) in [4.78, 5) is 0. The highest BCUT2D eigenvalue weighted by Gasteiger charge is 2.28. The summed E-state index contributed by atoms with van der Waals surface area (Å²) in [6, 6.07) is 5.33. The van der Waals surface area contributed by atoms with Gasteiger partial charge in [-0.3, -0.25) is 4.72 Å². The van der Waals surface area contributed by atoms with E-state index in [4.69, 9.17) is 11.6 Å². The molecule has 0 amide bonds. The topological polar surface area (TPSA) is 61.4 Å². The highest BCUT2D eigenvalue weighted by Crippen LogP contribution is 2.28. The minimum atomic E-state index is -3.54. The zero-order valence-electron chi connectivity index (χ0n) is 12.4. The molecule has 21 heavy (non-hydrogen) atoms. The molecule has 1 saturated heterocycles. The summed E-state index contributed by atoms with van der Waals surface area (Å²) in [6.07, 6.45) is 1.76. The standard InChI is InChI=1S/C14H22ClN3O2S/c1-11-4-3-5-13(15)14(11)17-21(19,20)18-8-6-12(7-9-18)10-16-2/h3-5,12,16-17H,6-10H2,1-2H3. The fraction of sp³-hybridized carbons (Fsp3) is 0.571. The van der Waals surface area contributed by atoms with Crippen molar-refractivity contribution in [3.05, 3.63) is 28.8 Å². The van der Waals surface area contributed by atoms with Crippen LogP contribution in [0, 0.1) is 12.8 Å². The molecular formula is C14H22ClN3O2S. The SMILES string of the molecule is CNCC1CCN(S(=O)(=O)Nc2c(C)cccc2Cl)CC1. The summed E-state index contributed by atoms with van der Waals surface area (Å²) < 4.78 is 29.1. The van der Waals surface area contributed by atoms with Gasteiger partial charge in [0.2, 0.25) is 0 Å². The highest BCUT2D eigenvalue weighted by molar-refractivity contribution is 7.90. The van der Waals surface area contributed by atoms with Crippen LogP contribution in [-0.4, -0.2) is 39.4 Å². The lowest BCUT2D eigenvalue weighted by atomic mass is 9.98. The van der Waals surface area contributed by atoms with Crippen molar-refractivity contribution in [2.24, 2.45) is 5.92 Å². The fourth-order valence-electron chi connectivity index (χ4n) is 2.60. The number of nitrogens with zero attached hydrogens (tertiary/aromatic N) is 1. The van der Waals surface area contributed by atoms with Crippen LogP contribution in [0.1, 0.15) is 18.4 Å². The van der Waals surface area contributed by atoms with Gasteiger partial charge in [0.25, 0.3) is 0 Å². The number of aryl methyl sites for hydroxylation is 1. The Kier molecular flexibility index (Phi) is 5.48. The van der Waals surface area contributed by atoms with Crippen LogP contribution >= 0.6 is 11.6 Å². The predicted octanol–water partition coefficient (Wildman–Crippen LogP) is 2.24. The molecule has 7 heteroatoms. The molecule has 1 aromatic carbocycles. The van der Waals surface area contributed by atoms with Gasteiger partial charge >= 0.3 is 10.2 Å². The maximum atomic E-state index is 12.5. The number of piperidine rings is 1. The summed E-state index contributed by atoms with van der Waals surface area (Å²) in [5.74, 6) is 0.545. The van der Waals surface area contributed by atoms with Gasteiger partial charge in [0.05, 0.1) is 10.7 Å². The van der Waals surface area contributed by atoms with Crippen LogP contribution < -0.4 is 10.0 Å². The van der Waals surface area contributed by atoms with E-state index in [1.54, 1.807) is 12.1 Å². The van der Waals surface area contributed by atoms with Gasteiger partial charge in [0, 0.05) is 13.1 Å². The molecule has 0 aliphatic carbocycles. The van der Waals surface area contributed by atoms with Gasteiger partial charge in [-0.2, -0.15) is 12.7 Å². The lowest BCUT2D eigenvalue weighted by Crippen LogP contribution is -2.43. The van der Waals surface area contributed by atoms with Crippen molar-refractivity contribution in [3.63, 3.8) is 0 Å². The first-order valence-electron chi connectivity index (χ1n) is 7.11. The van der Waals surface area contributed by atoms with E-state index in [0.29, 0.717) is 29.7 Å². The first kappa shape index (κ1) is 16.5. The number of nitrogens with one attached hydrogen (secondary N) is 2. The van der Waals surface area contributed by atoms with Crippen LogP contribution in [0.25, 0.3) is 0 Å². The molecule has 1 aliphatic heterocycles. The summed E-state index contributed by atoms with van der Waals surface area (Å²) in [5, 5.41) is 3.56. The Morgan fingerprint density at radius 2 is 2.00 bits per heavy atom. The molecule has 2 rings (SSSR count). The second-order valence-electron chi connectivity index (χ2n) is 5.44. The van der Waals surface area contributed by atoms with Crippen molar-refractivity contribution in [2.75, 3.05) is 31.4 Å². The van der Waals surface area contributed by atoms with E-state index < -0.39 is 10.2 Å². The van der Waals surface area contributed by atoms with Crippen LogP contribution in [0.3, 0.4) is 0 Å². The minimum Gasteiger partial charge on any atom is -0.319 e. The molecule has 0 unspecified atom stereocenters. The zero-order valence-corrected chi connectivity index (χ0v) is 14.0. The second-order valence-corrected chi connectivity index (χ2v) is 7.52. The molecule has 0 aromatic heterocycles. The third kappa shape index (κ3) is 4.10. The predicted molar refractivity (Wildman–Crippen MR) is 87.0 cm³/mol. The molecule has 2 N–H and O–H groups in total. The average Bonchev–Trinajstić information content (AvgIpc) is 2.44. The van der Waals surface area contributed by atoms with Crippen molar-refractivity contribution in [3.8, 4) is 0 Å². The van der Waals surface area contributed by atoms with Gasteiger partial charge in [0.15, 0.2) is 0 Å². The molecule has 1 aromatic rings. The summed E-state index contributed by atoms with van der Waals surface area (Å²) >= 11 is 6.09. The van der Waals surface area contributed by atoms with Crippen molar-refractivity contribution in [1.29, 1.82) is 0 Å². The Labute approximate surface area is 131 Å². The minimum absolute atomic E-state index is 0.420. The van der Waals surface area contributed by atoms with Crippen LogP contribution in [0.5, 0.6) is 0 Å². The molecular weight excluding hydrogens is 310 g/mol. The van der Waals surface area contributed by atoms with Crippen LogP contribution in [-0.2, 0) is 10.2 Å². The van der Waals surface area contributed by atoms with E-state index in [1.165, 1.54) is 4.31 Å². The molecule has 118 valence electrons. The fourth-order valence-corrected chi connectivity index (χ4v) is 4.27. The lowest BCUT2D eigenvalue weighted by Gasteiger charge is -2.31. The number of benzene rings is 1. The Hall–Kier alpha value is -0.820. The van der Waals surface area contributed by atoms with E-state index in [0.717, 1.165) is 24.9 Å². The molecule has 0 bridgehead atoms. The number of hydrogen-bond acceptors (Lipinski definition) is 3. The number of anilines is 1. The zero-order chi connectivity index (χ0) is 15.5. The molecule has 0 radical (unpaired) electrons. The quantitative estimate of drug-likeness (QED) is 0.869. The smallest absolute Gasteiger partial charge is 0.301 e. The number of rotatable bonds is 5. The lowest BCUT2D eigenvalue weighted by molar-refractivity contribution is 0.272. The van der Waals surface area contributed by atoms with Crippen molar-refractivity contribution < 1.29 is 8.42 Å². The maximum Gasteiger partial charge on any atom is 0.301 e. The van der Waals surface area contributed by atoms with Crippen LogP contribution in [0.4, 0.5) is 5.69 Å². The maximum absolute atomic E-state index is 12.5. The van der Waals surface area contributed by atoms with Gasteiger partial charge in [-0.1, -0.05) is 23.7 Å². The second kappa shape index (κ2) is 6.96. The van der Waals surface area contributed by atoms with Crippen molar-refractivity contribution in [2.45, 2.75) is 19.8 Å². The van der Waals surface area contributed by atoms with E-state index in [-0.39, 0.29) is 0 Å². The molecule has 0 saturated carbocycles. The van der Waals surface area contributed by atoms with Gasteiger partial charge in [-0.05, 0) is 50.9 Å². The Morgan fingerprint density at radius 3 is 2.57 bits per heavy atom. The summed E-state index contributed by atoms with van der Waals surface area (Å²) in [7, 11) is -1.62. The Balaban J connectivity index is 2.06. The average molecular weight is 332 g/mol. The first-order valence-corrected chi connectivity index (χ1v) is 8.93. The normalized spacial score (nSPS) is 17.9. The summed E-state index contributed by atoms with van der Waals surface area (Å²) in [5.41, 5.74) is 1.28. The number of hydrogen-bond donors (Lipinski definition) is 2. The van der Waals surface area contributed by atoms with E-state index in [1.807, 2.05) is 20.0 Å². The van der Waals surface area contributed by atoms with E-state index in [2.05, 4.69) is 10.0 Å². The van der Waals surface area contributed by atoms with E-state index in [9.17, 15) is 8.42 Å². The van der Waals surface area contributed by atoms with Gasteiger partial charge in [0.1, 0.15) is 0 Å². The third-order valence-corrected chi connectivity index (χ3v) is 5.68. The molecule has 1 heterocycles.